The average molecular weight is 372 g/mol. The summed E-state index contributed by atoms with van der Waals surface area (Å²) in [6.07, 6.45) is 1.31. The van der Waals surface area contributed by atoms with Crippen LogP contribution in [0.15, 0.2) is 33.7 Å². The lowest BCUT2D eigenvalue weighted by Gasteiger charge is -2.14. The summed E-state index contributed by atoms with van der Waals surface area (Å²) in [5, 5.41) is 10.5. The molecule has 140 valence electrons. The monoisotopic (exact) mass is 372 g/mol. The lowest BCUT2D eigenvalue weighted by molar-refractivity contribution is 0.171. The number of aromatic hydroxyl groups is 1. The van der Waals surface area contributed by atoms with Crippen molar-refractivity contribution < 1.29 is 33.2 Å². The zero-order valence-corrected chi connectivity index (χ0v) is 14.8. The molecule has 1 aromatic heterocycles. The van der Waals surface area contributed by atoms with E-state index in [9.17, 15) is 9.90 Å². The summed E-state index contributed by atoms with van der Waals surface area (Å²) in [6, 6.07) is 4.77. The van der Waals surface area contributed by atoms with Crippen molar-refractivity contribution in [2.24, 2.45) is 0 Å². The summed E-state index contributed by atoms with van der Waals surface area (Å²) in [6.45, 7) is -0.0346. The third kappa shape index (κ3) is 2.49. The molecule has 4 rings (SSSR count). The van der Waals surface area contributed by atoms with Crippen molar-refractivity contribution in [2.45, 2.75) is 0 Å². The van der Waals surface area contributed by atoms with Gasteiger partial charge in [-0.05, 0) is 17.7 Å². The summed E-state index contributed by atoms with van der Waals surface area (Å²) in [7, 11) is 4.46. The zero-order valence-electron chi connectivity index (χ0n) is 14.8. The van der Waals surface area contributed by atoms with E-state index in [0.717, 1.165) is 0 Å². The molecule has 1 N–H and O–H groups in total. The fourth-order valence-corrected chi connectivity index (χ4v) is 3.06. The molecular weight excluding hydrogens is 356 g/mol. The molecule has 0 amide bonds. The number of phenolic OH excluding ortho intramolecular Hbond substituents is 1. The second-order valence-electron chi connectivity index (χ2n) is 5.72. The molecule has 0 unspecified atom stereocenters. The Morgan fingerprint density at radius 3 is 2.33 bits per heavy atom. The highest BCUT2D eigenvalue weighted by atomic mass is 16.7. The SMILES string of the molecule is COc1cc(-c2coc3cc4c(c(O)c3c2=O)OCO4)cc(OC)c1OC. The minimum absolute atomic E-state index is 0.00509. The molecule has 1 aliphatic rings. The first-order valence-corrected chi connectivity index (χ1v) is 7.96. The van der Waals surface area contributed by atoms with Gasteiger partial charge in [-0.3, -0.25) is 4.79 Å². The van der Waals surface area contributed by atoms with Crippen molar-refractivity contribution in [3.8, 4) is 45.6 Å². The third-order valence-corrected chi connectivity index (χ3v) is 4.35. The van der Waals surface area contributed by atoms with Crippen LogP contribution in [0.25, 0.3) is 22.1 Å². The molecule has 2 heterocycles. The van der Waals surface area contributed by atoms with Gasteiger partial charge in [0.1, 0.15) is 17.2 Å². The van der Waals surface area contributed by atoms with Crippen LogP contribution in [0.3, 0.4) is 0 Å². The van der Waals surface area contributed by atoms with Gasteiger partial charge < -0.3 is 33.2 Å². The maximum absolute atomic E-state index is 13.1. The molecule has 0 radical (unpaired) electrons. The lowest BCUT2D eigenvalue weighted by atomic mass is 10.0. The van der Waals surface area contributed by atoms with Crippen molar-refractivity contribution in [3.63, 3.8) is 0 Å². The quantitative estimate of drug-likeness (QED) is 0.747. The predicted molar refractivity (Wildman–Crippen MR) is 95.4 cm³/mol. The van der Waals surface area contributed by atoms with Gasteiger partial charge >= 0.3 is 0 Å². The van der Waals surface area contributed by atoms with E-state index in [-0.39, 0.29) is 34.8 Å². The Labute approximate surface area is 153 Å². The van der Waals surface area contributed by atoms with Gasteiger partial charge in [0.25, 0.3) is 0 Å². The van der Waals surface area contributed by atoms with E-state index < -0.39 is 5.43 Å². The normalized spacial score (nSPS) is 12.3. The van der Waals surface area contributed by atoms with Crippen molar-refractivity contribution in [1.29, 1.82) is 0 Å². The number of fused-ring (bicyclic) bond motifs is 2. The van der Waals surface area contributed by atoms with Gasteiger partial charge in [-0.15, -0.1) is 0 Å². The van der Waals surface area contributed by atoms with E-state index in [0.29, 0.717) is 28.6 Å². The molecule has 8 nitrogen and oxygen atoms in total. The van der Waals surface area contributed by atoms with Gasteiger partial charge in [0.2, 0.25) is 23.7 Å². The first-order chi connectivity index (χ1) is 13.1. The van der Waals surface area contributed by atoms with Crippen LogP contribution in [-0.4, -0.2) is 33.2 Å². The minimum atomic E-state index is -0.429. The fourth-order valence-electron chi connectivity index (χ4n) is 3.06. The van der Waals surface area contributed by atoms with Gasteiger partial charge in [-0.25, -0.2) is 0 Å². The standard InChI is InChI=1S/C19H16O8/c1-22-12-4-9(5-13(23-2)18(12)24-3)10-7-25-11-6-14-19(27-8-26-14)17(21)15(11)16(10)20/h4-7,21H,8H2,1-3H3. The Kier molecular flexibility index (Phi) is 3.95. The van der Waals surface area contributed by atoms with E-state index in [2.05, 4.69) is 0 Å². The smallest absolute Gasteiger partial charge is 0.231 e. The van der Waals surface area contributed by atoms with Gasteiger partial charge in [-0.1, -0.05) is 0 Å². The largest absolute Gasteiger partial charge is 0.504 e. The van der Waals surface area contributed by atoms with E-state index >= 15 is 0 Å². The summed E-state index contributed by atoms with van der Waals surface area (Å²) in [4.78, 5) is 13.1. The molecule has 1 aliphatic heterocycles. The molecule has 2 aromatic carbocycles. The van der Waals surface area contributed by atoms with Crippen molar-refractivity contribution in [1.82, 2.24) is 0 Å². The molecular formula is C19H16O8. The summed E-state index contributed by atoms with van der Waals surface area (Å²) in [5.41, 5.74) is 0.465. The Hall–Kier alpha value is -3.55. The number of benzene rings is 2. The molecule has 0 aliphatic carbocycles. The second-order valence-corrected chi connectivity index (χ2v) is 5.72. The average Bonchev–Trinajstić information content (AvgIpc) is 3.16. The van der Waals surface area contributed by atoms with Gasteiger partial charge in [0.15, 0.2) is 23.0 Å². The number of rotatable bonds is 4. The van der Waals surface area contributed by atoms with Crippen LogP contribution in [0, 0.1) is 0 Å². The first kappa shape index (κ1) is 16.9. The van der Waals surface area contributed by atoms with Gasteiger partial charge in [-0.2, -0.15) is 0 Å². The Balaban J connectivity index is 1.98. The van der Waals surface area contributed by atoms with Crippen molar-refractivity contribution in [3.05, 3.63) is 34.7 Å². The zero-order chi connectivity index (χ0) is 19.1. The van der Waals surface area contributed by atoms with Crippen LogP contribution >= 0.6 is 0 Å². The van der Waals surface area contributed by atoms with Crippen molar-refractivity contribution >= 4 is 11.0 Å². The highest BCUT2D eigenvalue weighted by Crippen LogP contribution is 2.45. The molecule has 0 saturated heterocycles. The topological polar surface area (TPSA) is 96.6 Å². The van der Waals surface area contributed by atoms with Crippen LogP contribution in [-0.2, 0) is 0 Å². The van der Waals surface area contributed by atoms with Crippen molar-refractivity contribution in [2.75, 3.05) is 28.1 Å². The lowest BCUT2D eigenvalue weighted by Crippen LogP contribution is -2.06. The molecule has 27 heavy (non-hydrogen) atoms. The molecule has 3 aromatic rings. The number of hydrogen-bond acceptors (Lipinski definition) is 8. The van der Waals surface area contributed by atoms with E-state index in [4.69, 9.17) is 28.1 Å². The highest BCUT2D eigenvalue weighted by Gasteiger charge is 2.25. The first-order valence-electron chi connectivity index (χ1n) is 7.96. The predicted octanol–water partition coefficient (Wildman–Crippen LogP) is 2.92. The maximum atomic E-state index is 13.1. The van der Waals surface area contributed by atoms with Gasteiger partial charge in [0.05, 0.1) is 26.9 Å². The van der Waals surface area contributed by atoms with Crippen LogP contribution in [0.4, 0.5) is 0 Å². The van der Waals surface area contributed by atoms with Gasteiger partial charge in [0, 0.05) is 6.07 Å². The maximum Gasteiger partial charge on any atom is 0.231 e. The number of phenols is 1. The van der Waals surface area contributed by atoms with E-state index in [1.807, 2.05) is 0 Å². The number of ether oxygens (including phenoxy) is 5. The molecule has 0 atom stereocenters. The molecule has 8 heteroatoms. The Morgan fingerprint density at radius 2 is 1.70 bits per heavy atom. The fraction of sp³-hybridized carbons (Fsp3) is 0.211. The molecule has 0 fully saturated rings. The second kappa shape index (κ2) is 6.31. The summed E-state index contributed by atoms with van der Waals surface area (Å²) < 4.78 is 32.0. The third-order valence-electron chi connectivity index (χ3n) is 4.35. The number of methoxy groups -OCH3 is 3. The van der Waals surface area contributed by atoms with E-state index in [1.165, 1.54) is 33.7 Å². The Morgan fingerprint density at radius 1 is 1.00 bits per heavy atom. The molecule has 0 saturated carbocycles. The highest BCUT2D eigenvalue weighted by molar-refractivity contribution is 5.91. The van der Waals surface area contributed by atoms with Crippen LogP contribution < -0.4 is 29.1 Å². The summed E-state index contributed by atoms with van der Waals surface area (Å²) >= 11 is 0. The van der Waals surface area contributed by atoms with Crippen LogP contribution in [0.5, 0.6) is 34.5 Å². The minimum Gasteiger partial charge on any atom is -0.504 e. The molecule has 0 bridgehead atoms. The Bertz CT molecular complexity index is 1070. The molecule has 0 spiro atoms. The van der Waals surface area contributed by atoms with Crippen LogP contribution in [0.2, 0.25) is 0 Å². The summed E-state index contributed by atoms with van der Waals surface area (Å²) in [5.74, 6) is 1.31. The van der Waals surface area contributed by atoms with Crippen LogP contribution in [0.1, 0.15) is 0 Å². The van der Waals surface area contributed by atoms with E-state index in [1.54, 1.807) is 12.1 Å². The number of hydrogen-bond donors (Lipinski definition) is 1.